The van der Waals surface area contributed by atoms with Gasteiger partial charge in [0.05, 0.1) is 6.10 Å². The summed E-state index contributed by atoms with van der Waals surface area (Å²) in [5.41, 5.74) is 0. The lowest BCUT2D eigenvalue weighted by atomic mass is 10.3. The molecule has 0 aromatic carbocycles. The van der Waals surface area contributed by atoms with Crippen LogP contribution in [0.2, 0.25) is 0 Å². The van der Waals surface area contributed by atoms with E-state index in [-0.39, 0.29) is 12.1 Å². The number of ether oxygens (including phenoxy) is 1. The number of carbonyl (C=O) groups excluding carboxylic acids is 1. The van der Waals surface area contributed by atoms with Crippen LogP contribution in [-0.4, -0.2) is 18.6 Å². The molecule has 3 nitrogen and oxygen atoms in total. The normalized spacial score (nSPS) is 12.7. The number of hydrogen-bond donors (Lipinski definition) is 1. The van der Waals surface area contributed by atoms with E-state index < -0.39 is 0 Å². The molecule has 2 N–H and O–H groups in total. The molecule has 0 bridgehead atoms. The van der Waals surface area contributed by atoms with Crippen molar-refractivity contribution in [2.24, 2.45) is 0 Å². The Bertz CT molecular complexity index is 104. The minimum absolute atomic E-state index is 0.0347. The number of hydrogen-bond acceptors (Lipinski definition) is 2. The minimum atomic E-state index is -0.190. The van der Waals surface area contributed by atoms with Crippen LogP contribution in [0, 0.1) is 7.05 Å². The Kier molecular flexibility index (Phi) is 4.94. The van der Waals surface area contributed by atoms with E-state index in [0.29, 0.717) is 6.54 Å². The smallest absolute Gasteiger partial charge is 0.359 e. The maximum Gasteiger partial charge on any atom is 0.359 e. The molecule has 0 heterocycles. The molecule has 10 heavy (non-hydrogen) atoms. The average molecular weight is 145 g/mol. The van der Waals surface area contributed by atoms with Gasteiger partial charge in [-0.25, -0.2) is 4.79 Å². The summed E-state index contributed by atoms with van der Waals surface area (Å²) in [5.74, 6) is -0.190. The summed E-state index contributed by atoms with van der Waals surface area (Å²) in [6.45, 7) is 4.16. The minimum Gasteiger partial charge on any atom is -0.470 e. The van der Waals surface area contributed by atoms with Gasteiger partial charge in [0.25, 0.3) is 0 Å². The van der Waals surface area contributed by atoms with Crippen LogP contribution in [0.25, 0.3) is 0 Å². The van der Waals surface area contributed by atoms with E-state index in [1.807, 2.05) is 13.8 Å². The predicted octanol–water partition coefficient (Wildman–Crippen LogP) is -0.317. The fourth-order valence-electron chi connectivity index (χ4n) is 0.474. The van der Waals surface area contributed by atoms with Gasteiger partial charge in [0.1, 0.15) is 0 Å². The van der Waals surface area contributed by atoms with Gasteiger partial charge in [-0.3, -0.25) is 0 Å². The van der Waals surface area contributed by atoms with Crippen LogP contribution >= 0.6 is 0 Å². The molecule has 0 rings (SSSR count). The molecule has 0 aromatic rings. The molecular formula is C7H15NO2. The van der Waals surface area contributed by atoms with Crippen LogP contribution in [-0.2, 0) is 9.53 Å². The van der Waals surface area contributed by atoms with E-state index in [4.69, 9.17) is 4.74 Å². The van der Waals surface area contributed by atoms with Crippen molar-refractivity contribution in [1.82, 2.24) is 0 Å². The predicted molar refractivity (Wildman–Crippen MR) is 38.0 cm³/mol. The molecule has 0 amide bonds. The molecule has 3 heteroatoms. The number of quaternary nitrogens is 1. The van der Waals surface area contributed by atoms with Crippen molar-refractivity contribution >= 4 is 5.97 Å². The Morgan fingerprint density at radius 3 is 2.80 bits per heavy atom. The SMILES string of the molecule is [CH2-][NH2+]CC(=O)OC(C)CC. The Balaban J connectivity index is 3.37. The lowest BCUT2D eigenvalue weighted by Crippen LogP contribution is -2.79. The van der Waals surface area contributed by atoms with E-state index in [0.717, 1.165) is 6.42 Å². The summed E-state index contributed by atoms with van der Waals surface area (Å²) in [6, 6.07) is 0. The van der Waals surface area contributed by atoms with E-state index >= 15 is 0 Å². The molecule has 0 aliphatic carbocycles. The van der Waals surface area contributed by atoms with Crippen LogP contribution in [0.4, 0.5) is 0 Å². The van der Waals surface area contributed by atoms with E-state index in [9.17, 15) is 4.79 Å². The van der Waals surface area contributed by atoms with Crippen LogP contribution in [0.15, 0.2) is 0 Å². The van der Waals surface area contributed by atoms with Gasteiger partial charge in [0.15, 0.2) is 6.54 Å². The summed E-state index contributed by atoms with van der Waals surface area (Å²) in [7, 11) is 3.43. The zero-order valence-electron chi connectivity index (χ0n) is 6.59. The third kappa shape index (κ3) is 4.32. The van der Waals surface area contributed by atoms with E-state index in [1.165, 1.54) is 0 Å². The summed E-state index contributed by atoms with van der Waals surface area (Å²) in [4.78, 5) is 10.7. The van der Waals surface area contributed by atoms with Crippen LogP contribution in [0.3, 0.4) is 0 Å². The van der Waals surface area contributed by atoms with Crippen molar-refractivity contribution in [1.29, 1.82) is 0 Å². The van der Waals surface area contributed by atoms with E-state index in [2.05, 4.69) is 7.05 Å². The van der Waals surface area contributed by atoms with Gasteiger partial charge < -0.3 is 10.1 Å². The maximum absolute atomic E-state index is 10.7. The molecule has 0 spiro atoms. The fraction of sp³-hybridized carbons (Fsp3) is 0.714. The zero-order chi connectivity index (χ0) is 7.98. The molecule has 0 saturated heterocycles. The topological polar surface area (TPSA) is 42.9 Å². The first-order valence-electron chi connectivity index (χ1n) is 3.51. The molecule has 1 atom stereocenters. The lowest BCUT2D eigenvalue weighted by Gasteiger charge is -2.09. The van der Waals surface area contributed by atoms with Gasteiger partial charge in [0, 0.05) is 0 Å². The number of rotatable bonds is 4. The first-order valence-corrected chi connectivity index (χ1v) is 3.51. The third-order valence-electron chi connectivity index (χ3n) is 1.22. The first-order chi connectivity index (χ1) is 4.70. The summed E-state index contributed by atoms with van der Waals surface area (Å²) in [6.07, 6.45) is 0.899. The van der Waals surface area contributed by atoms with E-state index in [1.54, 1.807) is 5.32 Å². The standard InChI is InChI=1S/C7H15NO2/c1-4-6(2)10-7(9)5-8-3/h6H,3-5,8H2,1-2H3. The van der Waals surface area contributed by atoms with Crippen molar-refractivity contribution in [3.05, 3.63) is 7.05 Å². The molecule has 1 unspecified atom stereocenters. The number of carbonyl (C=O) groups is 1. The lowest BCUT2D eigenvalue weighted by molar-refractivity contribution is -0.585. The molecule has 0 saturated carbocycles. The second-order valence-electron chi connectivity index (χ2n) is 2.20. The van der Waals surface area contributed by atoms with Gasteiger partial charge in [0.2, 0.25) is 0 Å². The highest BCUT2D eigenvalue weighted by Gasteiger charge is 2.05. The fourth-order valence-corrected chi connectivity index (χ4v) is 0.474. The molecule has 60 valence electrons. The number of esters is 1. The van der Waals surface area contributed by atoms with Crippen molar-refractivity contribution in [3.8, 4) is 0 Å². The van der Waals surface area contributed by atoms with Gasteiger partial charge >= 0.3 is 5.97 Å². The molecular weight excluding hydrogens is 130 g/mol. The average Bonchev–Trinajstić information content (AvgIpc) is 1.88. The quantitative estimate of drug-likeness (QED) is 0.435. The monoisotopic (exact) mass is 145 g/mol. The Morgan fingerprint density at radius 2 is 2.40 bits per heavy atom. The zero-order valence-corrected chi connectivity index (χ0v) is 6.59. The van der Waals surface area contributed by atoms with Gasteiger partial charge in [-0.05, 0) is 13.3 Å². The Morgan fingerprint density at radius 1 is 1.80 bits per heavy atom. The molecule has 0 fully saturated rings. The summed E-state index contributed by atoms with van der Waals surface area (Å²) < 4.78 is 4.93. The highest BCUT2D eigenvalue weighted by molar-refractivity contribution is 5.70. The maximum atomic E-state index is 10.7. The van der Waals surface area contributed by atoms with Crippen molar-refractivity contribution in [3.63, 3.8) is 0 Å². The number of nitrogens with two attached hydrogens (primary N) is 1. The Labute approximate surface area is 61.8 Å². The van der Waals surface area contributed by atoms with Crippen molar-refractivity contribution < 1.29 is 14.8 Å². The van der Waals surface area contributed by atoms with Gasteiger partial charge in [-0.15, -0.1) is 0 Å². The highest BCUT2D eigenvalue weighted by Crippen LogP contribution is 1.94. The van der Waals surface area contributed by atoms with Gasteiger partial charge in [-0.1, -0.05) is 6.92 Å². The second-order valence-corrected chi connectivity index (χ2v) is 2.20. The Hall–Kier alpha value is -0.570. The highest BCUT2D eigenvalue weighted by atomic mass is 16.5. The van der Waals surface area contributed by atoms with Crippen LogP contribution in [0.5, 0.6) is 0 Å². The van der Waals surface area contributed by atoms with Crippen LogP contribution in [0.1, 0.15) is 20.3 Å². The van der Waals surface area contributed by atoms with Crippen LogP contribution < -0.4 is 5.32 Å². The van der Waals surface area contributed by atoms with Crippen molar-refractivity contribution in [2.45, 2.75) is 26.4 Å². The second kappa shape index (κ2) is 5.23. The summed E-state index contributed by atoms with van der Waals surface area (Å²) >= 11 is 0. The largest absolute Gasteiger partial charge is 0.470 e. The van der Waals surface area contributed by atoms with Crippen molar-refractivity contribution in [2.75, 3.05) is 6.54 Å². The molecule has 0 radical (unpaired) electrons. The first kappa shape index (κ1) is 9.43. The third-order valence-corrected chi connectivity index (χ3v) is 1.22. The summed E-state index contributed by atoms with van der Waals surface area (Å²) in [5, 5.41) is 1.55. The molecule has 0 aliphatic heterocycles. The molecule has 0 aliphatic rings. The van der Waals surface area contributed by atoms with Gasteiger partial charge in [-0.2, -0.15) is 7.05 Å². The molecule has 0 aromatic heterocycles.